The van der Waals surface area contributed by atoms with E-state index < -0.39 is 11.6 Å². The lowest BCUT2D eigenvalue weighted by Crippen LogP contribution is -2.25. The summed E-state index contributed by atoms with van der Waals surface area (Å²) in [6.07, 6.45) is 2.32. The Morgan fingerprint density at radius 3 is 2.81 bits per heavy atom. The summed E-state index contributed by atoms with van der Waals surface area (Å²) < 4.78 is 6.68. The number of rotatable bonds is 3. The fourth-order valence-corrected chi connectivity index (χ4v) is 4.15. The van der Waals surface area contributed by atoms with E-state index in [2.05, 4.69) is 44.4 Å². The molecule has 2 heterocycles. The van der Waals surface area contributed by atoms with Crippen LogP contribution in [0.1, 0.15) is 24.5 Å². The first-order valence-electron chi connectivity index (χ1n) is 8.56. The highest BCUT2D eigenvalue weighted by Crippen LogP contribution is 2.41. The van der Waals surface area contributed by atoms with Crippen LogP contribution in [0.15, 0.2) is 59.2 Å². The predicted octanol–water partition coefficient (Wildman–Crippen LogP) is 4.95. The Kier molecular flexibility index (Phi) is 4.19. The minimum absolute atomic E-state index is 0.255. The second-order valence-electron chi connectivity index (χ2n) is 6.92. The number of benzene rings is 2. The van der Waals surface area contributed by atoms with E-state index in [9.17, 15) is 4.79 Å². The van der Waals surface area contributed by atoms with Gasteiger partial charge in [0.25, 0.3) is 0 Å². The van der Waals surface area contributed by atoms with Gasteiger partial charge in [0.2, 0.25) is 0 Å². The Morgan fingerprint density at radius 2 is 2.00 bits per heavy atom. The fourth-order valence-electron chi connectivity index (χ4n) is 3.57. The van der Waals surface area contributed by atoms with Crippen molar-refractivity contribution in [3.8, 4) is 0 Å². The lowest BCUT2D eigenvalue weighted by Gasteiger charge is -2.24. The van der Waals surface area contributed by atoms with Gasteiger partial charge in [-0.05, 0) is 52.2 Å². The molecule has 1 fully saturated rings. The lowest BCUT2D eigenvalue weighted by molar-refractivity contribution is -0.148. The maximum absolute atomic E-state index is 12.6. The number of aromatic nitrogens is 1. The Balaban J connectivity index is 1.66. The van der Waals surface area contributed by atoms with E-state index in [4.69, 9.17) is 4.74 Å². The molecule has 1 aliphatic heterocycles. The lowest BCUT2D eigenvalue weighted by atomic mass is 9.87. The molecule has 0 radical (unpaired) electrons. The number of aryl methyl sites for hydroxylation is 1. The highest BCUT2D eigenvalue weighted by Gasteiger charge is 2.45. The molecular formula is C21H19BrN2O2. The molecule has 4 rings (SSSR count). The summed E-state index contributed by atoms with van der Waals surface area (Å²) in [4.78, 5) is 16.9. The number of nitrogens with zero attached hydrogens (tertiary/aromatic N) is 1. The topological polar surface area (TPSA) is 51.2 Å². The molecular weight excluding hydrogens is 392 g/mol. The third-order valence-corrected chi connectivity index (χ3v) is 5.46. The first-order valence-corrected chi connectivity index (χ1v) is 9.35. The second kappa shape index (κ2) is 6.40. The van der Waals surface area contributed by atoms with E-state index in [-0.39, 0.29) is 5.97 Å². The minimum Gasteiger partial charge on any atom is -0.453 e. The minimum atomic E-state index is -0.674. The summed E-state index contributed by atoms with van der Waals surface area (Å²) in [5.74, 6) is 0.398. The van der Waals surface area contributed by atoms with Crippen LogP contribution in [0.3, 0.4) is 0 Å². The zero-order chi connectivity index (χ0) is 18.3. The molecule has 0 spiro atoms. The molecule has 3 aromatic rings. The highest BCUT2D eigenvalue weighted by atomic mass is 79.9. The number of fused-ring (bicyclic) bond motifs is 1. The van der Waals surface area contributed by atoms with Crippen LogP contribution in [0, 0.1) is 6.92 Å². The van der Waals surface area contributed by atoms with Crippen LogP contribution in [-0.2, 0) is 15.1 Å². The van der Waals surface area contributed by atoms with Crippen molar-refractivity contribution in [1.29, 1.82) is 0 Å². The number of halogens is 1. The van der Waals surface area contributed by atoms with Gasteiger partial charge in [0.1, 0.15) is 17.5 Å². The van der Waals surface area contributed by atoms with Gasteiger partial charge in [-0.3, -0.25) is 0 Å². The Labute approximate surface area is 160 Å². The van der Waals surface area contributed by atoms with Gasteiger partial charge in [0.15, 0.2) is 0 Å². The SMILES string of the molecule is Cc1cnc(NC2CC(C)(c3cccc4ccccc34)OC2=O)c(Br)c1. The fraction of sp³-hybridized carbons (Fsp3) is 0.238. The van der Waals surface area contributed by atoms with Gasteiger partial charge in [0.05, 0.1) is 4.47 Å². The summed E-state index contributed by atoms with van der Waals surface area (Å²) in [6, 6.07) is 15.8. The van der Waals surface area contributed by atoms with Crippen LogP contribution >= 0.6 is 15.9 Å². The molecule has 1 aromatic heterocycles. The van der Waals surface area contributed by atoms with Crippen molar-refractivity contribution < 1.29 is 9.53 Å². The smallest absolute Gasteiger partial charge is 0.329 e. The van der Waals surface area contributed by atoms with Gasteiger partial charge in [-0.15, -0.1) is 0 Å². The maximum atomic E-state index is 12.6. The molecule has 5 heteroatoms. The number of anilines is 1. The number of hydrogen-bond acceptors (Lipinski definition) is 4. The van der Waals surface area contributed by atoms with Gasteiger partial charge in [-0.1, -0.05) is 42.5 Å². The van der Waals surface area contributed by atoms with Crippen LogP contribution in [0.25, 0.3) is 10.8 Å². The molecule has 2 aromatic carbocycles. The first-order chi connectivity index (χ1) is 12.5. The van der Waals surface area contributed by atoms with Crippen molar-refractivity contribution in [2.75, 3.05) is 5.32 Å². The number of nitrogens with one attached hydrogen (secondary N) is 1. The number of carbonyl (C=O) groups excluding carboxylic acids is 1. The third kappa shape index (κ3) is 2.97. The number of esters is 1. The number of hydrogen-bond donors (Lipinski definition) is 1. The van der Waals surface area contributed by atoms with Crippen LogP contribution in [0.5, 0.6) is 0 Å². The first kappa shape index (κ1) is 17.0. The highest BCUT2D eigenvalue weighted by molar-refractivity contribution is 9.10. The molecule has 2 atom stereocenters. The molecule has 26 heavy (non-hydrogen) atoms. The zero-order valence-electron chi connectivity index (χ0n) is 14.6. The Hall–Kier alpha value is -2.40. The van der Waals surface area contributed by atoms with Crippen molar-refractivity contribution >= 4 is 38.5 Å². The molecule has 0 aliphatic carbocycles. The average molecular weight is 411 g/mol. The summed E-state index contributed by atoms with van der Waals surface area (Å²) in [5, 5.41) is 5.48. The van der Waals surface area contributed by atoms with Crippen LogP contribution in [0.2, 0.25) is 0 Å². The molecule has 1 aliphatic rings. The molecule has 2 unspecified atom stereocenters. The number of ether oxygens (including phenoxy) is 1. The molecule has 0 bridgehead atoms. The summed E-state index contributed by atoms with van der Waals surface area (Å²) >= 11 is 3.50. The molecule has 132 valence electrons. The quantitative estimate of drug-likeness (QED) is 0.620. The molecule has 0 saturated carbocycles. The summed E-state index contributed by atoms with van der Waals surface area (Å²) in [6.45, 7) is 3.95. The standard InChI is InChI=1S/C21H19BrN2O2/c1-13-10-17(22)19(23-12-13)24-18-11-21(2,26-20(18)25)16-9-5-7-14-6-3-4-8-15(14)16/h3-10,12,18H,11H2,1-2H3,(H,23,24). The van der Waals surface area contributed by atoms with Crippen LogP contribution < -0.4 is 5.32 Å². The van der Waals surface area contributed by atoms with Crippen LogP contribution in [0.4, 0.5) is 5.82 Å². The largest absolute Gasteiger partial charge is 0.453 e. The van der Waals surface area contributed by atoms with E-state index in [1.165, 1.54) is 0 Å². The zero-order valence-corrected chi connectivity index (χ0v) is 16.2. The molecule has 0 amide bonds. The van der Waals surface area contributed by atoms with Crippen molar-refractivity contribution in [2.24, 2.45) is 0 Å². The number of carbonyl (C=O) groups is 1. The van der Waals surface area contributed by atoms with Crippen molar-refractivity contribution in [2.45, 2.75) is 31.9 Å². The predicted molar refractivity (Wildman–Crippen MR) is 106 cm³/mol. The Morgan fingerprint density at radius 1 is 1.23 bits per heavy atom. The van der Waals surface area contributed by atoms with E-state index >= 15 is 0 Å². The molecule has 4 nitrogen and oxygen atoms in total. The summed E-state index contributed by atoms with van der Waals surface area (Å²) in [5.41, 5.74) is 1.41. The van der Waals surface area contributed by atoms with Crippen molar-refractivity contribution in [3.05, 3.63) is 70.3 Å². The van der Waals surface area contributed by atoms with Gasteiger partial charge in [0, 0.05) is 18.2 Å². The third-order valence-electron chi connectivity index (χ3n) is 4.85. The van der Waals surface area contributed by atoms with E-state index in [1.54, 1.807) is 6.20 Å². The van der Waals surface area contributed by atoms with Crippen molar-refractivity contribution in [3.63, 3.8) is 0 Å². The van der Waals surface area contributed by atoms with Crippen molar-refractivity contribution in [1.82, 2.24) is 4.98 Å². The molecule has 1 N–H and O–H groups in total. The average Bonchev–Trinajstić information content (AvgIpc) is 2.91. The number of cyclic esters (lactones) is 1. The number of pyridine rings is 1. The van der Waals surface area contributed by atoms with E-state index in [0.717, 1.165) is 26.4 Å². The monoisotopic (exact) mass is 410 g/mol. The molecule has 1 saturated heterocycles. The normalized spacial score (nSPS) is 22.4. The van der Waals surface area contributed by atoms with Crippen LogP contribution in [-0.4, -0.2) is 17.0 Å². The van der Waals surface area contributed by atoms with Gasteiger partial charge in [-0.2, -0.15) is 0 Å². The second-order valence-corrected chi connectivity index (χ2v) is 7.78. The van der Waals surface area contributed by atoms with E-state index in [0.29, 0.717) is 12.2 Å². The maximum Gasteiger partial charge on any atom is 0.329 e. The Bertz CT molecular complexity index is 999. The van der Waals surface area contributed by atoms with E-state index in [1.807, 2.05) is 44.2 Å². The summed E-state index contributed by atoms with van der Waals surface area (Å²) in [7, 11) is 0. The van der Waals surface area contributed by atoms with Gasteiger partial charge < -0.3 is 10.1 Å². The van der Waals surface area contributed by atoms with Gasteiger partial charge >= 0.3 is 5.97 Å². The van der Waals surface area contributed by atoms with Gasteiger partial charge in [-0.25, -0.2) is 9.78 Å².